The zero-order valence-corrected chi connectivity index (χ0v) is 12.6. The maximum atomic E-state index is 11.7. The van der Waals surface area contributed by atoms with Crippen LogP contribution in [0.25, 0.3) is 0 Å². The monoisotopic (exact) mass is 276 g/mol. The average molecular weight is 276 g/mol. The number of carbonyl (C=O) groups excluding carboxylic acids is 2. The van der Waals surface area contributed by atoms with E-state index in [-0.39, 0.29) is 11.8 Å². The molecule has 0 heterocycles. The van der Waals surface area contributed by atoms with Gasteiger partial charge >= 0.3 is 0 Å². The first-order valence-corrected chi connectivity index (χ1v) is 7.11. The molecule has 1 aromatic rings. The summed E-state index contributed by atoms with van der Waals surface area (Å²) in [5, 5.41) is 2.82. The quantitative estimate of drug-likeness (QED) is 0.830. The first kappa shape index (κ1) is 16.2. The van der Waals surface area contributed by atoms with Crippen LogP contribution in [0.3, 0.4) is 0 Å². The molecule has 1 N–H and O–H groups in total. The van der Waals surface area contributed by atoms with Crippen molar-refractivity contribution in [3.8, 4) is 0 Å². The lowest BCUT2D eigenvalue weighted by molar-refractivity contribution is -0.130. The standard InChI is InChI=1S/C16H24N2O2/c1-4-10-17-16(20)9-11-18(14(3)19)12-15-8-6-5-7-13(15)2/h5-8H,4,9-12H2,1-3H3,(H,17,20). The van der Waals surface area contributed by atoms with Gasteiger partial charge in [0.2, 0.25) is 11.8 Å². The van der Waals surface area contributed by atoms with E-state index in [0.29, 0.717) is 26.1 Å². The largest absolute Gasteiger partial charge is 0.356 e. The summed E-state index contributed by atoms with van der Waals surface area (Å²) >= 11 is 0. The van der Waals surface area contributed by atoms with Gasteiger partial charge in [0, 0.05) is 33.0 Å². The Morgan fingerprint density at radius 2 is 1.95 bits per heavy atom. The van der Waals surface area contributed by atoms with Gasteiger partial charge in [0.1, 0.15) is 0 Å². The summed E-state index contributed by atoms with van der Waals surface area (Å²) < 4.78 is 0. The van der Waals surface area contributed by atoms with Gasteiger partial charge in [0.05, 0.1) is 0 Å². The van der Waals surface area contributed by atoms with Gasteiger partial charge in [-0.15, -0.1) is 0 Å². The van der Waals surface area contributed by atoms with E-state index in [9.17, 15) is 9.59 Å². The Balaban J connectivity index is 2.55. The Hall–Kier alpha value is -1.84. The highest BCUT2D eigenvalue weighted by Gasteiger charge is 2.12. The predicted octanol–water partition coefficient (Wildman–Crippen LogP) is 2.26. The third kappa shape index (κ3) is 5.43. The Morgan fingerprint density at radius 1 is 1.25 bits per heavy atom. The van der Waals surface area contributed by atoms with Crippen molar-refractivity contribution in [2.24, 2.45) is 0 Å². The number of hydrogen-bond donors (Lipinski definition) is 1. The molecule has 20 heavy (non-hydrogen) atoms. The number of nitrogens with one attached hydrogen (secondary N) is 1. The number of benzene rings is 1. The second-order valence-electron chi connectivity index (χ2n) is 4.97. The number of carbonyl (C=O) groups is 2. The van der Waals surface area contributed by atoms with Crippen LogP contribution in [-0.2, 0) is 16.1 Å². The zero-order valence-electron chi connectivity index (χ0n) is 12.6. The molecule has 0 unspecified atom stereocenters. The molecule has 0 fully saturated rings. The van der Waals surface area contributed by atoms with Gasteiger partial charge in [-0.1, -0.05) is 31.2 Å². The summed E-state index contributed by atoms with van der Waals surface area (Å²) in [4.78, 5) is 25.0. The van der Waals surface area contributed by atoms with Crippen LogP contribution < -0.4 is 5.32 Å². The summed E-state index contributed by atoms with van der Waals surface area (Å²) in [7, 11) is 0. The molecule has 2 amide bonds. The van der Waals surface area contributed by atoms with Crippen molar-refractivity contribution in [1.82, 2.24) is 10.2 Å². The van der Waals surface area contributed by atoms with E-state index in [2.05, 4.69) is 5.32 Å². The van der Waals surface area contributed by atoms with Crippen molar-refractivity contribution in [2.75, 3.05) is 13.1 Å². The fourth-order valence-electron chi connectivity index (χ4n) is 1.93. The lowest BCUT2D eigenvalue weighted by Crippen LogP contribution is -2.33. The number of rotatable bonds is 7. The van der Waals surface area contributed by atoms with E-state index in [4.69, 9.17) is 0 Å². The molecular formula is C16H24N2O2. The Kier molecular flexibility index (Phi) is 6.77. The van der Waals surface area contributed by atoms with Crippen molar-refractivity contribution >= 4 is 11.8 Å². The fourth-order valence-corrected chi connectivity index (χ4v) is 1.93. The second-order valence-corrected chi connectivity index (χ2v) is 4.97. The highest BCUT2D eigenvalue weighted by molar-refractivity contribution is 5.78. The number of amides is 2. The first-order valence-electron chi connectivity index (χ1n) is 7.11. The first-order chi connectivity index (χ1) is 9.54. The van der Waals surface area contributed by atoms with E-state index < -0.39 is 0 Å². The number of hydrogen-bond acceptors (Lipinski definition) is 2. The normalized spacial score (nSPS) is 10.2. The maximum Gasteiger partial charge on any atom is 0.221 e. The predicted molar refractivity (Wildman–Crippen MR) is 80.2 cm³/mol. The van der Waals surface area contributed by atoms with Crippen LogP contribution in [0.15, 0.2) is 24.3 Å². The van der Waals surface area contributed by atoms with Gasteiger partial charge in [-0.2, -0.15) is 0 Å². The third-order valence-corrected chi connectivity index (χ3v) is 3.25. The van der Waals surface area contributed by atoms with Crippen molar-refractivity contribution in [1.29, 1.82) is 0 Å². The molecule has 0 saturated carbocycles. The zero-order chi connectivity index (χ0) is 15.0. The number of aryl methyl sites for hydroxylation is 1. The molecule has 0 saturated heterocycles. The third-order valence-electron chi connectivity index (χ3n) is 3.25. The Morgan fingerprint density at radius 3 is 2.55 bits per heavy atom. The van der Waals surface area contributed by atoms with Crippen molar-refractivity contribution in [3.05, 3.63) is 35.4 Å². The Labute approximate surface area is 121 Å². The molecule has 0 spiro atoms. The summed E-state index contributed by atoms with van der Waals surface area (Å²) in [6, 6.07) is 7.99. The molecule has 0 radical (unpaired) electrons. The highest BCUT2D eigenvalue weighted by Crippen LogP contribution is 2.11. The van der Waals surface area contributed by atoms with Crippen LogP contribution in [0, 0.1) is 6.92 Å². The maximum absolute atomic E-state index is 11.7. The van der Waals surface area contributed by atoms with E-state index >= 15 is 0 Å². The molecule has 0 bridgehead atoms. The van der Waals surface area contributed by atoms with Crippen molar-refractivity contribution in [2.45, 2.75) is 40.2 Å². The minimum Gasteiger partial charge on any atom is -0.356 e. The fraction of sp³-hybridized carbons (Fsp3) is 0.500. The van der Waals surface area contributed by atoms with Gasteiger partial charge in [0.25, 0.3) is 0 Å². The van der Waals surface area contributed by atoms with Crippen LogP contribution >= 0.6 is 0 Å². The summed E-state index contributed by atoms with van der Waals surface area (Å²) in [6.07, 6.45) is 1.27. The smallest absolute Gasteiger partial charge is 0.221 e. The topological polar surface area (TPSA) is 49.4 Å². The van der Waals surface area contributed by atoms with Gasteiger partial charge < -0.3 is 10.2 Å². The summed E-state index contributed by atoms with van der Waals surface area (Å²) in [6.45, 7) is 7.29. The molecule has 1 aromatic carbocycles. The summed E-state index contributed by atoms with van der Waals surface area (Å²) in [5.41, 5.74) is 2.28. The number of nitrogens with zero attached hydrogens (tertiary/aromatic N) is 1. The van der Waals surface area contributed by atoms with Crippen LogP contribution in [0.4, 0.5) is 0 Å². The molecule has 4 heteroatoms. The molecule has 0 aliphatic carbocycles. The van der Waals surface area contributed by atoms with Crippen molar-refractivity contribution in [3.63, 3.8) is 0 Å². The van der Waals surface area contributed by atoms with Crippen LogP contribution in [0.1, 0.15) is 37.8 Å². The van der Waals surface area contributed by atoms with Crippen LogP contribution in [0.2, 0.25) is 0 Å². The van der Waals surface area contributed by atoms with Gasteiger partial charge in [-0.25, -0.2) is 0 Å². The lowest BCUT2D eigenvalue weighted by Gasteiger charge is -2.22. The molecule has 0 aliphatic rings. The molecule has 0 atom stereocenters. The van der Waals surface area contributed by atoms with Crippen LogP contribution in [-0.4, -0.2) is 29.8 Å². The van der Waals surface area contributed by atoms with Gasteiger partial charge in [0.15, 0.2) is 0 Å². The SMILES string of the molecule is CCCNC(=O)CCN(Cc1ccccc1C)C(C)=O. The average Bonchev–Trinajstić information content (AvgIpc) is 2.42. The summed E-state index contributed by atoms with van der Waals surface area (Å²) in [5.74, 6) is -0.000529. The molecule has 4 nitrogen and oxygen atoms in total. The highest BCUT2D eigenvalue weighted by atomic mass is 16.2. The lowest BCUT2D eigenvalue weighted by atomic mass is 10.1. The molecular weight excluding hydrogens is 252 g/mol. The molecule has 0 aliphatic heterocycles. The van der Waals surface area contributed by atoms with E-state index in [1.165, 1.54) is 0 Å². The minimum absolute atomic E-state index is 0.00267. The van der Waals surface area contributed by atoms with E-state index in [1.807, 2.05) is 38.1 Å². The van der Waals surface area contributed by atoms with E-state index in [1.54, 1.807) is 11.8 Å². The molecule has 0 aromatic heterocycles. The van der Waals surface area contributed by atoms with E-state index in [0.717, 1.165) is 17.5 Å². The molecule has 110 valence electrons. The van der Waals surface area contributed by atoms with Gasteiger partial charge in [-0.05, 0) is 24.5 Å². The van der Waals surface area contributed by atoms with Crippen LogP contribution in [0.5, 0.6) is 0 Å². The molecule has 1 rings (SSSR count). The Bertz CT molecular complexity index is 458. The second kappa shape index (κ2) is 8.35. The van der Waals surface area contributed by atoms with Gasteiger partial charge in [-0.3, -0.25) is 9.59 Å². The minimum atomic E-state index is -0.00320. The van der Waals surface area contributed by atoms with Crippen molar-refractivity contribution < 1.29 is 9.59 Å².